The van der Waals surface area contributed by atoms with Crippen molar-refractivity contribution in [3.63, 3.8) is 0 Å². The van der Waals surface area contributed by atoms with Gasteiger partial charge in [0.2, 0.25) is 5.95 Å². The molecular formula is C24H29ClN8O3S. The zero-order chi connectivity index (χ0) is 26.4. The van der Waals surface area contributed by atoms with Crippen LogP contribution in [0.5, 0.6) is 11.5 Å². The van der Waals surface area contributed by atoms with Gasteiger partial charge in [-0.3, -0.25) is 14.0 Å². The highest BCUT2D eigenvalue weighted by atomic mass is 35.5. The van der Waals surface area contributed by atoms with Gasteiger partial charge in [0.1, 0.15) is 29.0 Å². The van der Waals surface area contributed by atoms with Crippen LogP contribution in [-0.4, -0.2) is 60.6 Å². The molecule has 0 spiro atoms. The van der Waals surface area contributed by atoms with E-state index in [1.807, 2.05) is 60.5 Å². The molecule has 2 unspecified atom stereocenters. The Labute approximate surface area is 224 Å². The van der Waals surface area contributed by atoms with Crippen LogP contribution in [0.25, 0.3) is 17.2 Å². The summed E-state index contributed by atoms with van der Waals surface area (Å²) in [6.45, 7) is 7.20. The van der Waals surface area contributed by atoms with Crippen LogP contribution < -0.4 is 14.2 Å². The molecule has 11 nitrogen and oxygen atoms in total. The van der Waals surface area contributed by atoms with E-state index in [-0.39, 0.29) is 11.4 Å². The number of aromatic nitrogens is 7. The molecule has 3 heterocycles. The molecule has 0 bridgehead atoms. The number of para-hydroxylation sites is 1. The lowest BCUT2D eigenvalue weighted by atomic mass is 10.2. The van der Waals surface area contributed by atoms with E-state index in [0.717, 1.165) is 6.54 Å². The van der Waals surface area contributed by atoms with Crippen molar-refractivity contribution in [3.8, 4) is 28.7 Å². The number of aryl methyl sites for hydroxylation is 1. The predicted octanol–water partition coefficient (Wildman–Crippen LogP) is 4.84. The van der Waals surface area contributed by atoms with E-state index in [4.69, 9.17) is 25.8 Å². The highest BCUT2D eigenvalue weighted by molar-refractivity contribution is 8.01. The third kappa shape index (κ3) is 5.81. The minimum absolute atomic E-state index is 0.103. The second kappa shape index (κ2) is 12.3. The highest BCUT2D eigenvalue weighted by Crippen LogP contribution is 2.38. The Morgan fingerprint density at radius 2 is 1.76 bits per heavy atom. The van der Waals surface area contributed by atoms with Crippen LogP contribution in [-0.2, 0) is 11.3 Å². The number of rotatable bonds is 12. The number of ether oxygens (including phenoxy) is 3. The summed E-state index contributed by atoms with van der Waals surface area (Å²) in [5.41, 5.74) is 1.31. The van der Waals surface area contributed by atoms with Gasteiger partial charge in [-0.15, -0.1) is 10.2 Å². The molecule has 0 saturated carbocycles. The zero-order valence-corrected chi connectivity index (χ0v) is 22.8. The molecule has 0 saturated heterocycles. The second-order valence-corrected chi connectivity index (χ2v) is 9.43. The van der Waals surface area contributed by atoms with Crippen LogP contribution in [0.4, 0.5) is 5.95 Å². The third-order valence-corrected chi connectivity index (χ3v) is 6.60. The smallest absolute Gasteiger partial charge is 0.239 e. The largest absolute Gasteiger partial charge is 0.494 e. The van der Waals surface area contributed by atoms with Gasteiger partial charge in [-0.25, -0.2) is 9.97 Å². The molecule has 13 heteroatoms. The van der Waals surface area contributed by atoms with Crippen molar-refractivity contribution in [2.24, 2.45) is 0 Å². The fraction of sp³-hybridized carbons (Fsp3) is 0.375. The number of benzene rings is 1. The van der Waals surface area contributed by atoms with Crippen molar-refractivity contribution >= 4 is 29.5 Å². The van der Waals surface area contributed by atoms with Crippen LogP contribution in [0.3, 0.4) is 0 Å². The maximum Gasteiger partial charge on any atom is 0.239 e. The summed E-state index contributed by atoms with van der Waals surface area (Å²) < 4.78 is 24.4. The normalized spacial score (nSPS) is 12.8. The number of anilines is 1. The molecule has 4 aromatic rings. The first-order chi connectivity index (χ1) is 18.0. The second-order valence-electron chi connectivity index (χ2n) is 7.81. The van der Waals surface area contributed by atoms with Gasteiger partial charge in [0.15, 0.2) is 11.6 Å². The Morgan fingerprint density at radius 3 is 2.35 bits per heavy atom. The van der Waals surface area contributed by atoms with E-state index in [9.17, 15) is 0 Å². The summed E-state index contributed by atoms with van der Waals surface area (Å²) in [6.07, 6.45) is 4.65. The molecule has 1 aromatic carbocycles. The van der Waals surface area contributed by atoms with Gasteiger partial charge in [0.05, 0.1) is 24.5 Å². The Hall–Kier alpha value is -3.35. The molecule has 1 N–H and O–H groups in total. The van der Waals surface area contributed by atoms with Crippen LogP contribution in [0, 0.1) is 0 Å². The SMILES string of the molecule is CCOC(c1ncc(Cl)cn1)C(C)SNc1nnc(-c2ccn(CC)n2)n1-c1c(OC)cccc1OC. The van der Waals surface area contributed by atoms with Crippen LogP contribution in [0.15, 0.2) is 42.9 Å². The van der Waals surface area contributed by atoms with Crippen molar-refractivity contribution < 1.29 is 14.2 Å². The van der Waals surface area contributed by atoms with Gasteiger partial charge in [-0.2, -0.15) is 5.10 Å². The molecule has 2 atom stereocenters. The summed E-state index contributed by atoms with van der Waals surface area (Å²) in [5, 5.41) is 13.9. The summed E-state index contributed by atoms with van der Waals surface area (Å²) in [5.74, 6) is 2.74. The minimum Gasteiger partial charge on any atom is -0.494 e. The van der Waals surface area contributed by atoms with Crippen molar-refractivity contribution in [1.82, 2.24) is 34.5 Å². The van der Waals surface area contributed by atoms with E-state index in [1.165, 1.54) is 11.9 Å². The predicted molar refractivity (Wildman–Crippen MR) is 143 cm³/mol. The molecule has 37 heavy (non-hydrogen) atoms. The molecule has 0 aliphatic carbocycles. The number of hydrogen-bond donors (Lipinski definition) is 1. The van der Waals surface area contributed by atoms with E-state index in [2.05, 4.69) is 30.0 Å². The monoisotopic (exact) mass is 544 g/mol. The first-order valence-corrected chi connectivity index (χ1v) is 13.0. The van der Waals surface area contributed by atoms with E-state index < -0.39 is 0 Å². The van der Waals surface area contributed by atoms with Gasteiger partial charge in [-0.1, -0.05) is 17.7 Å². The Bertz CT molecular complexity index is 1290. The fourth-order valence-electron chi connectivity index (χ4n) is 3.71. The molecule has 0 amide bonds. The maximum absolute atomic E-state index is 5.97. The molecule has 4 rings (SSSR count). The summed E-state index contributed by atoms with van der Waals surface area (Å²) in [4.78, 5) is 8.70. The molecule has 0 aliphatic heterocycles. The zero-order valence-electron chi connectivity index (χ0n) is 21.3. The first kappa shape index (κ1) is 26.7. The Balaban J connectivity index is 1.72. The molecule has 0 aliphatic rings. The quantitative estimate of drug-likeness (QED) is 0.248. The highest BCUT2D eigenvalue weighted by Gasteiger charge is 2.27. The van der Waals surface area contributed by atoms with Gasteiger partial charge < -0.3 is 14.2 Å². The fourth-order valence-corrected chi connectivity index (χ4v) is 4.56. The average Bonchev–Trinajstić information content (AvgIpc) is 3.57. The van der Waals surface area contributed by atoms with Crippen LogP contribution in [0.2, 0.25) is 5.02 Å². The molecule has 0 fully saturated rings. The number of halogens is 1. The maximum atomic E-state index is 5.97. The summed E-state index contributed by atoms with van der Waals surface area (Å²) >= 11 is 7.39. The van der Waals surface area contributed by atoms with Gasteiger partial charge in [0, 0.05) is 31.7 Å². The van der Waals surface area contributed by atoms with E-state index in [1.54, 1.807) is 26.6 Å². The van der Waals surface area contributed by atoms with E-state index >= 15 is 0 Å². The Morgan fingerprint density at radius 1 is 1.05 bits per heavy atom. The minimum atomic E-state index is -0.378. The van der Waals surface area contributed by atoms with Crippen molar-refractivity contribution in [1.29, 1.82) is 0 Å². The first-order valence-electron chi connectivity index (χ1n) is 11.7. The van der Waals surface area contributed by atoms with Crippen molar-refractivity contribution in [3.05, 3.63) is 53.7 Å². The number of nitrogens with zero attached hydrogens (tertiary/aromatic N) is 7. The van der Waals surface area contributed by atoms with Gasteiger partial charge >= 0.3 is 0 Å². The van der Waals surface area contributed by atoms with Gasteiger partial charge in [-0.05, 0) is 50.9 Å². The summed E-state index contributed by atoms with van der Waals surface area (Å²) in [6, 6.07) is 7.47. The third-order valence-electron chi connectivity index (χ3n) is 5.49. The lowest BCUT2D eigenvalue weighted by Gasteiger charge is -2.23. The average molecular weight is 545 g/mol. The van der Waals surface area contributed by atoms with E-state index in [0.29, 0.717) is 52.1 Å². The molecule has 0 radical (unpaired) electrons. The van der Waals surface area contributed by atoms with Crippen LogP contribution in [0.1, 0.15) is 32.7 Å². The summed E-state index contributed by atoms with van der Waals surface area (Å²) in [7, 11) is 3.22. The van der Waals surface area contributed by atoms with Gasteiger partial charge in [0.25, 0.3) is 0 Å². The molecule has 3 aromatic heterocycles. The lowest BCUT2D eigenvalue weighted by Crippen LogP contribution is -2.20. The molecular weight excluding hydrogens is 516 g/mol. The number of hydrogen-bond acceptors (Lipinski definition) is 10. The lowest BCUT2D eigenvalue weighted by molar-refractivity contribution is 0.0576. The number of nitrogens with one attached hydrogen (secondary N) is 1. The van der Waals surface area contributed by atoms with Crippen molar-refractivity contribution in [2.45, 2.75) is 38.7 Å². The topological polar surface area (TPSA) is 114 Å². The Kier molecular flexibility index (Phi) is 8.85. The van der Waals surface area contributed by atoms with Crippen molar-refractivity contribution in [2.75, 3.05) is 25.5 Å². The van der Waals surface area contributed by atoms with Crippen LogP contribution >= 0.6 is 23.5 Å². The standard InChI is InChI=1S/C24H29ClN8O3S/c1-6-32-12-11-17(30-32)23-28-29-24(33(23)20-18(34-4)9-8-10-19(20)35-5)31-37-15(3)21(36-7-2)22-26-13-16(25)14-27-22/h8-15,21H,6-7H2,1-5H3,(H,29,31). The number of methoxy groups -OCH3 is 2. The molecule has 196 valence electrons.